The van der Waals surface area contributed by atoms with Crippen LogP contribution in [0.15, 0.2) is 0 Å². The number of hydrogen-bond donors (Lipinski definition) is 1. The molecule has 1 saturated carbocycles. The summed E-state index contributed by atoms with van der Waals surface area (Å²) in [6, 6.07) is 0. The van der Waals surface area contributed by atoms with Gasteiger partial charge in [-0.15, -0.1) is 0 Å². The molecule has 2 atom stereocenters. The number of nitrogens with one attached hydrogen (secondary N) is 1. The molecule has 3 aliphatic rings. The Morgan fingerprint density at radius 3 is 2.39 bits per heavy atom. The third-order valence-corrected chi connectivity index (χ3v) is 7.07. The molecule has 2 aliphatic heterocycles. The highest BCUT2D eigenvalue weighted by atomic mass is 32.2. The monoisotopic (exact) mass is 345 g/mol. The normalized spacial score (nSPS) is 31.8. The molecule has 2 heterocycles. The zero-order valence-electron chi connectivity index (χ0n) is 14.2. The van der Waals surface area contributed by atoms with E-state index in [2.05, 4.69) is 5.32 Å². The first-order chi connectivity index (χ1) is 10.6. The van der Waals surface area contributed by atoms with Crippen LogP contribution >= 0.6 is 0 Å². The van der Waals surface area contributed by atoms with Gasteiger partial charge in [-0.1, -0.05) is 0 Å². The summed E-state index contributed by atoms with van der Waals surface area (Å²) < 4.78 is 32.2. The topological polar surface area (TPSA) is 79.0 Å². The van der Waals surface area contributed by atoms with E-state index in [1.165, 1.54) is 4.31 Å². The maximum absolute atomic E-state index is 12.6. The van der Waals surface area contributed by atoms with Gasteiger partial charge < -0.3 is 15.0 Å². The molecular formula is C15H27N3O4S. The van der Waals surface area contributed by atoms with Crippen LogP contribution in [0, 0.1) is 11.3 Å². The minimum Gasteiger partial charge on any atom is -0.444 e. The first-order valence-electron chi connectivity index (χ1n) is 8.28. The summed E-state index contributed by atoms with van der Waals surface area (Å²) in [6.45, 7) is 8.74. The Labute approximate surface area is 138 Å². The van der Waals surface area contributed by atoms with Gasteiger partial charge >= 0.3 is 6.09 Å². The van der Waals surface area contributed by atoms with E-state index < -0.39 is 15.6 Å². The van der Waals surface area contributed by atoms with Gasteiger partial charge in [0.25, 0.3) is 0 Å². The highest BCUT2D eigenvalue weighted by Crippen LogP contribution is 2.55. The quantitative estimate of drug-likeness (QED) is 0.805. The summed E-state index contributed by atoms with van der Waals surface area (Å²) in [5.74, 6) is 0.768. The lowest BCUT2D eigenvalue weighted by atomic mass is 10.1. The number of hydrogen-bond acceptors (Lipinski definition) is 5. The number of fused-ring (bicyclic) bond motifs is 1. The van der Waals surface area contributed by atoms with Crippen molar-refractivity contribution in [2.24, 2.45) is 11.3 Å². The predicted molar refractivity (Wildman–Crippen MR) is 86.6 cm³/mol. The number of carbonyl (C=O) groups excluding carboxylic acids is 1. The number of amides is 1. The summed E-state index contributed by atoms with van der Waals surface area (Å²) in [7, 11) is -3.25. The lowest BCUT2D eigenvalue weighted by Gasteiger charge is -2.35. The first kappa shape index (κ1) is 17.0. The van der Waals surface area contributed by atoms with E-state index >= 15 is 0 Å². The molecule has 23 heavy (non-hydrogen) atoms. The SMILES string of the molecule is CC(C)(C)OC(=O)N1CCN(S(=O)(=O)CC23CNCC2C3)CC1. The summed E-state index contributed by atoms with van der Waals surface area (Å²) in [5.41, 5.74) is -0.558. The van der Waals surface area contributed by atoms with Crippen LogP contribution in [0.5, 0.6) is 0 Å². The Balaban J connectivity index is 1.53. The largest absolute Gasteiger partial charge is 0.444 e. The molecule has 0 aromatic carbocycles. The van der Waals surface area contributed by atoms with E-state index in [-0.39, 0.29) is 17.3 Å². The first-order valence-corrected chi connectivity index (χ1v) is 9.89. The molecule has 0 spiro atoms. The zero-order chi connectivity index (χ0) is 16.9. The molecule has 7 nitrogen and oxygen atoms in total. The van der Waals surface area contributed by atoms with Gasteiger partial charge in [0.05, 0.1) is 5.75 Å². The molecule has 2 unspecified atom stereocenters. The molecule has 0 aromatic heterocycles. The third kappa shape index (κ3) is 3.64. The fraction of sp³-hybridized carbons (Fsp3) is 0.933. The number of piperazine rings is 1. The second-order valence-electron chi connectivity index (χ2n) is 8.02. The minimum absolute atomic E-state index is 0.0267. The summed E-state index contributed by atoms with van der Waals surface area (Å²) in [5, 5.41) is 3.28. The van der Waals surface area contributed by atoms with Crippen LogP contribution in [0.2, 0.25) is 0 Å². The third-order valence-electron chi connectivity index (χ3n) is 4.98. The van der Waals surface area contributed by atoms with E-state index in [0.29, 0.717) is 32.1 Å². The van der Waals surface area contributed by atoms with Crippen molar-refractivity contribution in [3.05, 3.63) is 0 Å². The van der Waals surface area contributed by atoms with Gasteiger partial charge in [-0.3, -0.25) is 0 Å². The van der Waals surface area contributed by atoms with Crippen molar-refractivity contribution in [1.82, 2.24) is 14.5 Å². The van der Waals surface area contributed by atoms with Crippen molar-refractivity contribution in [3.8, 4) is 0 Å². The van der Waals surface area contributed by atoms with Gasteiger partial charge in [-0.25, -0.2) is 13.2 Å². The van der Waals surface area contributed by atoms with Crippen molar-refractivity contribution >= 4 is 16.1 Å². The van der Waals surface area contributed by atoms with E-state index in [0.717, 1.165) is 19.5 Å². The number of sulfonamides is 1. The second-order valence-corrected chi connectivity index (χ2v) is 9.99. The molecule has 1 amide bonds. The second kappa shape index (κ2) is 5.60. The smallest absolute Gasteiger partial charge is 0.410 e. The molecule has 0 radical (unpaired) electrons. The van der Waals surface area contributed by atoms with Crippen molar-refractivity contribution in [3.63, 3.8) is 0 Å². The highest BCUT2D eigenvalue weighted by Gasteiger charge is 2.59. The average Bonchev–Trinajstić information content (AvgIpc) is 2.96. The summed E-state index contributed by atoms with van der Waals surface area (Å²) >= 11 is 0. The van der Waals surface area contributed by atoms with E-state index in [1.54, 1.807) is 4.90 Å². The van der Waals surface area contributed by atoms with E-state index in [4.69, 9.17) is 4.74 Å². The maximum Gasteiger partial charge on any atom is 0.410 e. The molecule has 8 heteroatoms. The van der Waals surface area contributed by atoms with Gasteiger partial charge in [0.15, 0.2) is 0 Å². The molecule has 3 fully saturated rings. The van der Waals surface area contributed by atoms with Crippen LogP contribution in [0.1, 0.15) is 27.2 Å². The zero-order valence-corrected chi connectivity index (χ0v) is 15.0. The standard InChI is InChI=1S/C15H27N3O4S/c1-14(2,3)22-13(19)17-4-6-18(7-5-17)23(20,21)11-15-8-12(15)9-16-10-15/h12,16H,4-11H2,1-3H3. The molecule has 132 valence electrons. The van der Waals surface area contributed by atoms with Gasteiger partial charge in [-0.2, -0.15) is 4.31 Å². The molecule has 3 rings (SSSR count). The van der Waals surface area contributed by atoms with Crippen molar-refractivity contribution in [1.29, 1.82) is 0 Å². The summed E-state index contributed by atoms with van der Waals surface area (Å²) in [4.78, 5) is 13.6. The predicted octanol–water partition coefficient (Wildman–Crippen LogP) is 0.478. The fourth-order valence-electron chi connectivity index (χ4n) is 3.59. The van der Waals surface area contributed by atoms with Gasteiger partial charge in [0, 0.05) is 38.1 Å². The Morgan fingerprint density at radius 1 is 1.26 bits per heavy atom. The lowest BCUT2D eigenvalue weighted by Crippen LogP contribution is -2.52. The lowest BCUT2D eigenvalue weighted by molar-refractivity contribution is 0.0192. The molecule has 2 saturated heterocycles. The minimum atomic E-state index is -3.25. The van der Waals surface area contributed by atoms with Crippen LogP contribution < -0.4 is 5.32 Å². The number of piperidine rings is 1. The average molecular weight is 345 g/mol. The Bertz CT molecular complexity index is 578. The van der Waals surface area contributed by atoms with Crippen molar-refractivity contribution in [2.75, 3.05) is 45.0 Å². The van der Waals surface area contributed by atoms with Gasteiger partial charge in [-0.05, 0) is 39.7 Å². The van der Waals surface area contributed by atoms with E-state index in [9.17, 15) is 13.2 Å². The molecule has 1 aliphatic carbocycles. The van der Waals surface area contributed by atoms with Crippen LogP contribution in [0.3, 0.4) is 0 Å². The molecule has 0 bridgehead atoms. The number of ether oxygens (including phenoxy) is 1. The van der Waals surface area contributed by atoms with Crippen LogP contribution in [0.25, 0.3) is 0 Å². The Morgan fingerprint density at radius 2 is 1.91 bits per heavy atom. The van der Waals surface area contributed by atoms with Crippen molar-refractivity contribution < 1.29 is 17.9 Å². The number of rotatable bonds is 3. The van der Waals surface area contributed by atoms with Gasteiger partial charge in [0.1, 0.15) is 5.60 Å². The van der Waals surface area contributed by atoms with Crippen LogP contribution in [-0.4, -0.2) is 74.3 Å². The highest BCUT2D eigenvalue weighted by molar-refractivity contribution is 7.89. The van der Waals surface area contributed by atoms with Crippen LogP contribution in [-0.2, 0) is 14.8 Å². The maximum atomic E-state index is 12.6. The van der Waals surface area contributed by atoms with Crippen molar-refractivity contribution in [2.45, 2.75) is 32.8 Å². The fourth-order valence-corrected chi connectivity index (χ4v) is 5.67. The molecule has 1 N–H and O–H groups in total. The Hall–Kier alpha value is -0.860. The van der Waals surface area contributed by atoms with Crippen LogP contribution in [0.4, 0.5) is 4.79 Å². The summed E-state index contributed by atoms with van der Waals surface area (Å²) in [6.07, 6.45) is 0.660. The Kier molecular flexibility index (Phi) is 4.13. The van der Waals surface area contributed by atoms with Gasteiger partial charge in [0.2, 0.25) is 10.0 Å². The molecular weight excluding hydrogens is 318 g/mol. The van der Waals surface area contributed by atoms with E-state index in [1.807, 2.05) is 20.8 Å². The molecule has 0 aromatic rings. The number of nitrogens with zero attached hydrogens (tertiary/aromatic N) is 2. The number of carbonyl (C=O) groups is 1.